The van der Waals surface area contributed by atoms with E-state index in [4.69, 9.17) is 5.73 Å². The molecule has 3 aromatic rings. The van der Waals surface area contributed by atoms with Crippen LogP contribution in [0.5, 0.6) is 0 Å². The third-order valence-electron chi connectivity index (χ3n) is 3.30. The smallest absolute Gasteiger partial charge is 0.320 e. The molecule has 1 atom stereocenters. The largest absolute Gasteiger partial charge is 0.323 e. The van der Waals surface area contributed by atoms with Crippen LogP contribution in [-0.4, -0.2) is 9.97 Å². The summed E-state index contributed by atoms with van der Waals surface area (Å²) in [7, 11) is 0. The topological polar surface area (TPSA) is 74.7 Å². The molecule has 4 heteroatoms. The summed E-state index contributed by atoms with van der Waals surface area (Å²) in [4.78, 5) is 16.7. The summed E-state index contributed by atoms with van der Waals surface area (Å²) >= 11 is 0. The van der Waals surface area contributed by atoms with Crippen molar-refractivity contribution in [3.05, 3.63) is 69.6 Å². The average Bonchev–Trinajstić information content (AvgIpc) is 2.76. The highest BCUT2D eigenvalue weighted by Gasteiger charge is 2.10. The van der Waals surface area contributed by atoms with Crippen LogP contribution in [0.3, 0.4) is 0 Å². The fourth-order valence-corrected chi connectivity index (χ4v) is 2.30. The Bertz CT molecular complexity index is 785. The zero-order valence-electron chi connectivity index (χ0n) is 10.6. The first-order valence-electron chi connectivity index (χ1n) is 6.17. The Morgan fingerprint density at radius 3 is 2.53 bits per heavy atom. The summed E-state index contributed by atoms with van der Waals surface area (Å²) in [5, 5.41) is 0. The molecule has 1 aromatic heterocycles. The van der Waals surface area contributed by atoms with Gasteiger partial charge < -0.3 is 15.7 Å². The van der Waals surface area contributed by atoms with Crippen molar-refractivity contribution < 1.29 is 0 Å². The Labute approximate surface area is 110 Å². The lowest BCUT2D eigenvalue weighted by atomic mass is 9.98. The molecule has 0 aliphatic rings. The van der Waals surface area contributed by atoms with Gasteiger partial charge in [0.15, 0.2) is 0 Å². The number of aromatic nitrogens is 2. The number of fused-ring (bicyclic) bond motifs is 1. The van der Waals surface area contributed by atoms with E-state index < -0.39 is 0 Å². The lowest BCUT2D eigenvalue weighted by Gasteiger charge is -2.13. The predicted molar refractivity (Wildman–Crippen MR) is 76.1 cm³/mol. The minimum atomic E-state index is -0.198. The number of H-pyrrole nitrogens is 2. The maximum Gasteiger partial charge on any atom is 0.323 e. The number of aromatic amines is 2. The molecule has 4 nitrogen and oxygen atoms in total. The quantitative estimate of drug-likeness (QED) is 0.655. The van der Waals surface area contributed by atoms with E-state index in [-0.39, 0.29) is 11.7 Å². The molecular formula is C15H15N3O. The minimum Gasteiger partial charge on any atom is -0.320 e. The molecule has 0 radical (unpaired) electrons. The number of hydrogen-bond acceptors (Lipinski definition) is 2. The molecule has 0 spiro atoms. The Morgan fingerprint density at radius 2 is 1.74 bits per heavy atom. The highest BCUT2D eigenvalue weighted by Crippen LogP contribution is 2.22. The number of nitrogens with one attached hydrogen (secondary N) is 2. The predicted octanol–water partition coefficient (Wildman–Crippen LogP) is 2.21. The molecule has 0 aliphatic heterocycles. The Hall–Kier alpha value is -2.33. The molecule has 0 amide bonds. The van der Waals surface area contributed by atoms with E-state index in [1.54, 1.807) is 0 Å². The summed E-state index contributed by atoms with van der Waals surface area (Å²) in [5.41, 5.74) is 10.9. The number of imidazole rings is 1. The molecule has 2 aromatic carbocycles. The number of rotatable bonds is 2. The first kappa shape index (κ1) is 11.7. The molecule has 1 heterocycles. The first-order chi connectivity index (χ1) is 9.13. The zero-order valence-corrected chi connectivity index (χ0v) is 10.6. The van der Waals surface area contributed by atoms with E-state index in [1.165, 1.54) is 5.56 Å². The van der Waals surface area contributed by atoms with Gasteiger partial charge in [-0.25, -0.2) is 4.79 Å². The van der Waals surface area contributed by atoms with Crippen molar-refractivity contribution in [2.45, 2.75) is 13.0 Å². The molecular weight excluding hydrogens is 238 g/mol. The third kappa shape index (κ3) is 2.18. The van der Waals surface area contributed by atoms with Crippen LogP contribution in [-0.2, 0) is 0 Å². The Balaban J connectivity index is 2.05. The Morgan fingerprint density at radius 1 is 1.00 bits per heavy atom. The molecule has 0 saturated carbocycles. The van der Waals surface area contributed by atoms with Crippen LogP contribution in [0.4, 0.5) is 0 Å². The van der Waals surface area contributed by atoms with Gasteiger partial charge in [0.2, 0.25) is 0 Å². The van der Waals surface area contributed by atoms with Gasteiger partial charge in [-0.15, -0.1) is 0 Å². The van der Waals surface area contributed by atoms with E-state index in [9.17, 15) is 4.79 Å². The summed E-state index contributed by atoms with van der Waals surface area (Å²) in [6.07, 6.45) is 0. The molecule has 4 N–H and O–H groups in total. The van der Waals surface area contributed by atoms with Crippen LogP contribution < -0.4 is 11.4 Å². The first-order valence-corrected chi connectivity index (χ1v) is 6.17. The molecule has 0 aliphatic carbocycles. The monoisotopic (exact) mass is 253 g/mol. The summed E-state index contributed by atoms with van der Waals surface area (Å²) < 4.78 is 0. The second-order valence-electron chi connectivity index (χ2n) is 4.78. The highest BCUT2D eigenvalue weighted by atomic mass is 16.1. The fourth-order valence-electron chi connectivity index (χ4n) is 2.30. The molecule has 0 bridgehead atoms. The van der Waals surface area contributed by atoms with Gasteiger partial charge in [0.25, 0.3) is 0 Å². The van der Waals surface area contributed by atoms with Crippen molar-refractivity contribution in [3.63, 3.8) is 0 Å². The molecule has 19 heavy (non-hydrogen) atoms. The molecule has 96 valence electrons. The van der Waals surface area contributed by atoms with Crippen molar-refractivity contribution in [1.29, 1.82) is 0 Å². The summed E-state index contributed by atoms with van der Waals surface area (Å²) in [6.45, 7) is 2.04. The molecule has 1 unspecified atom stereocenters. The van der Waals surface area contributed by atoms with Crippen molar-refractivity contribution in [3.8, 4) is 0 Å². The van der Waals surface area contributed by atoms with Gasteiger partial charge in [0.1, 0.15) is 0 Å². The standard InChI is InChI=1S/C15H15N3O/c1-9-3-2-4-10(7-9)14(16)11-5-6-12-13(8-11)18-15(19)17-12/h2-8,14H,16H2,1H3,(H2,17,18,19). The maximum atomic E-state index is 11.2. The second kappa shape index (κ2) is 4.40. The number of nitrogens with two attached hydrogens (primary N) is 1. The van der Waals surface area contributed by atoms with Crippen LogP contribution in [0.1, 0.15) is 22.7 Å². The number of aryl methyl sites for hydroxylation is 1. The van der Waals surface area contributed by atoms with Crippen LogP contribution in [0.2, 0.25) is 0 Å². The van der Waals surface area contributed by atoms with Gasteiger partial charge in [0.05, 0.1) is 17.1 Å². The second-order valence-corrected chi connectivity index (χ2v) is 4.78. The van der Waals surface area contributed by atoms with Gasteiger partial charge in [-0.2, -0.15) is 0 Å². The summed E-state index contributed by atoms with van der Waals surface area (Å²) in [6, 6.07) is 13.7. The van der Waals surface area contributed by atoms with Crippen molar-refractivity contribution in [2.75, 3.05) is 0 Å². The lowest BCUT2D eigenvalue weighted by Crippen LogP contribution is -2.11. The van der Waals surface area contributed by atoms with E-state index in [0.717, 1.165) is 22.2 Å². The van der Waals surface area contributed by atoms with Gasteiger partial charge in [-0.3, -0.25) is 0 Å². The van der Waals surface area contributed by atoms with Gasteiger partial charge in [0, 0.05) is 0 Å². The van der Waals surface area contributed by atoms with Crippen LogP contribution in [0.15, 0.2) is 47.3 Å². The maximum absolute atomic E-state index is 11.2. The Kier molecular flexibility index (Phi) is 2.72. The normalized spacial score (nSPS) is 12.7. The van der Waals surface area contributed by atoms with E-state index in [0.29, 0.717) is 0 Å². The van der Waals surface area contributed by atoms with Crippen LogP contribution >= 0.6 is 0 Å². The SMILES string of the molecule is Cc1cccc(C(N)c2ccc3[nH]c(=O)[nH]c3c2)c1. The van der Waals surface area contributed by atoms with Crippen LogP contribution in [0, 0.1) is 6.92 Å². The highest BCUT2D eigenvalue weighted by molar-refractivity contribution is 5.75. The molecule has 0 saturated heterocycles. The zero-order chi connectivity index (χ0) is 13.4. The fraction of sp³-hybridized carbons (Fsp3) is 0.133. The van der Waals surface area contributed by atoms with E-state index in [2.05, 4.69) is 16.0 Å². The van der Waals surface area contributed by atoms with Crippen molar-refractivity contribution in [1.82, 2.24) is 9.97 Å². The van der Waals surface area contributed by atoms with E-state index >= 15 is 0 Å². The van der Waals surface area contributed by atoms with Gasteiger partial charge in [-0.1, -0.05) is 35.9 Å². The lowest BCUT2D eigenvalue weighted by molar-refractivity contribution is 0.871. The summed E-state index contributed by atoms with van der Waals surface area (Å²) in [5.74, 6) is 0. The third-order valence-corrected chi connectivity index (χ3v) is 3.30. The number of hydrogen-bond donors (Lipinski definition) is 3. The van der Waals surface area contributed by atoms with Gasteiger partial charge in [-0.05, 0) is 30.2 Å². The van der Waals surface area contributed by atoms with E-state index in [1.807, 2.05) is 43.3 Å². The molecule has 0 fully saturated rings. The van der Waals surface area contributed by atoms with Crippen molar-refractivity contribution >= 4 is 11.0 Å². The van der Waals surface area contributed by atoms with Crippen LogP contribution in [0.25, 0.3) is 11.0 Å². The average molecular weight is 253 g/mol. The molecule has 3 rings (SSSR count). The van der Waals surface area contributed by atoms with Crippen molar-refractivity contribution in [2.24, 2.45) is 5.73 Å². The number of benzene rings is 2. The minimum absolute atomic E-state index is 0.192. The van der Waals surface area contributed by atoms with Gasteiger partial charge >= 0.3 is 5.69 Å².